The summed E-state index contributed by atoms with van der Waals surface area (Å²) in [7, 11) is -3.17. The van der Waals surface area contributed by atoms with Gasteiger partial charge in [0.05, 0.1) is 5.41 Å². The Bertz CT molecular complexity index is 2620. The first kappa shape index (κ1) is 33.6. The molecule has 0 saturated heterocycles. The molecule has 1 nitrogen and oxygen atoms in total. The molecule has 2 heteroatoms. The minimum Gasteiger partial charge on any atom is -0.309 e. The summed E-state index contributed by atoms with van der Waals surface area (Å²) in [6.07, 6.45) is 0. The summed E-state index contributed by atoms with van der Waals surface area (Å²) in [5.41, 5.74) is 15.7. The molecule has 0 saturated carbocycles. The third-order valence-corrected chi connectivity index (χ3v) is 15.4. The predicted octanol–water partition coefficient (Wildman–Crippen LogP) is 12.0. The molecule has 0 aromatic heterocycles. The molecule has 0 radical (unpaired) electrons. The van der Waals surface area contributed by atoms with E-state index < -0.39 is 12.6 Å². The summed E-state index contributed by atoms with van der Waals surface area (Å²) in [5.74, 6) is 0. The summed E-state index contributed by atoms with van der Waals surface area (Å²) >= 11 is 0. The number of rotatable bonds is 7. The van der Waals surface area contributed by atoms with E-state index in [2.05, 4.69) is 154 Å². The summed E-state index contributed by atoms with van der Waals surface area (Å²) in [5, 5.41) is 2.51. The third kappa shape index (κ3) is 4.90. The van der Waals surface area contributed by atoms with Crippen LogP contribution in [0.2, 0.25) is 0 Å². The van der Waals surface area contributed by atoms with Crippen LogP contribution in [0.3, 0.4) is 0 Å². The number of benzene rings is 8. The van der Waals surface area contributed by atoms with Gasteiger partial charge in [0.1, 0.15) is 0 Å². The van der Waals surface area contributed by atoms with Crippen LogP contribution in [-0.2, 0) is 15.4 Å². The molecule has 8 aromatic rings. The van der Waals surface area contributed by atoms with E-state index in [1.165, 1.54) is 72.3 Å². The zero-order valence-electron chi connectivity index (χ0n) is 31.3. The van der Waals surface area contributed by atoms with Crippen LogP contribution >= 0.6 is 7.14 Å². The summed E-state index contributed by atoms with van der Waals surface area (Å²) in [6.45, 7) is 6.95. The Hall–Kier alpha value is -6.01. The van der Waals surface area contributed by atoms with Crippen molar-refractivity contribution in [3.8, 4) is 33.4 Å². The highest BCUT2D eigenvalue weighted by atomic mass is 31.2. The van der Waals surface area contributed by atoms with Gasteiger partial charge in [-0.25, -0.2) is 0 Å². The van der Waals surface area contributed by atoms with E-state index in [1.807, 2.05) is 60.7 Å². The van der Waals surface area contributed by atoms with Gasteiger partial charge in [-0.2, -0.15) is 0 Å². The molecule has 0 heterocycles. The second-order valence-corrected chi connectivity index (χ2v) is 18.5. The van der Waals surface area contributed by atoms with Crippen molar-refractivity contribution >= 4 is 23.1 Å². The Morgan fingerprint density at radius 1 is 0.382 bits per heavy atom. The molecule has 8 aromatic carbocycles. The van der Waals surface area contributed by atoms with E-state index in [9.17, 15) is 0 Å². The lowest BCUT2D eigenvalue weighted by atomic mass is 9.65. The van der Waals surface area contributed by atoms with Crippen molar-refractivity contribution in [1.29, 1.82) is 0 Å². The van der Waals surface area contributed by atoms with Crippen LogP contribution in [0.1, 0.15) is 52.8 Å². The normalized spacial score (nSPS) is 14.5. The third-order valence-electron chi connectivity index (χ3n) is 12.3. The fourth-order valence-electron chi connectivity index (χ4n) is 9.52. The Labute approximate surface area is 324 Å². The maximum atomic E-state index is 15.6. The van der Waals surface area contributed by atoms with Crippen molar-refractivity contribution < 1.29 is 4.57 Å². The lowest BCUT2D eigenvalue weighted by Crippen LogP contribution is -2.31. The molecular formula is C53H41OP. The SMILES string of the molecule is Cc1ccc(C2(c3ccc(P(=O)(c4ccccc4)c4ccccc4)cc3)c3cc(-c4ccccc4)cc4c3-c3c(cc(-c5ccccc5)cc32)C4(C)C)cc1. The van der Waals surface area contributed by atoms with Crippen LogP contribution in [0.4, 0.5) is 0 Å². The number of aryl methyl sites for hydroxylation is 1. The molecule has 0 fully saturated rings. The highest BCUT2D eigenvalue weighted by Gasteiger charge is 2.53. The van der Waals surface area contributed by atoms with E-state index in [1.54, 1.807) is 0 Å². The maximum absolute atomic E-state index is 15.6. The van der Waals surface area contributed by atoms with Gasteiger partial charge in [-0.15, -0.1) is 0 Å². The largest absolute Gasteiger partial charge is 0.309 e. The van der Waals surface area contributed by atoms with Gasteiger partial charge in [-0.05, 0) is 98.0 Å². The molecule has 0 bridgehead atoms. The predicted molar refractivity (Wildman–Crippen MR) is 231 cm³/mol. The maximum Gasteiger partial charge on any atom is 0.171 e. The first-order valence-corrected chi connectivity index (χ1v) is 20.9. The highest BCUT2D eigenvalue weighted by Crippen LogP contribution is 2.65. The van der Waals surface area contributed by atoms with Crippen molar-refractivity contribution in [2.45, 2.75) is 31.6 Å². The molecule has 55 heavy (non-hydrogen) atoms. The van der Waals surface area contributed by atoms with Crippen molar-refractivity contribution in [2.75, 3.05) is 0 Å². The smallest absolute Gasteiger partial charge is 0.171 e. The number of hydrogen-bond acceptors (Lipinski definition) is 1. The van der Waals surface area contributed by atoms with Crippen LogP contribution in [0.15, 0.2) is 194 Å². The minimum atomic E-state index is -3.17. The van der Waals surface area contributed by atoms with Crippen molar-refractivity contribution in [2.24, 2.45) is 0 Å². The van der Waals surface area contributed by atoms with Crippen LogP contribution in [0.25, 0.3) is 33.4 Å². The Morgan fingerprint density at radius 2 is 0.727 bits per heavy atom. The van der Waals surface area contributed by atoms with Gasteiger partial charge >= 0.3 is 0 Å². The van der Waals surface area contributed by atoms with Gasteiger partial charge in [0.25, 0.3) is 0 Å². The molecule has 2 aliphatic rings. The lowest BCUT2D eigenvalue weighted by molar-refractivity contribution is 0.592. The fraction of sp³-hybridized carbons (Fsp3) is 0.0943. The molecule has 10 rings (SSSR count). The average Bonchev–Trinajstić information content (AvgIpc) is 3.67. The van der Waals surface area contributed by atoms with E-state index in [0.717, 1.165) is 15.9 Å². The molecule has 0 atom stereocenters. The second-order valence-electron chi connectivity index (χ2n) is 15.7. The van der Waals surface area contributed by atoms with E-state index >= 15 is 4.57 Å². The molecule has 0 aliphatic heterocycles. The molecule has 0 amide bonds. The van der Waals surface area contributed by atoms with E-state index in [-0.39, 0.29) is 5.41 Å². The average molecular weight is 725 g/mol. The quantitative estimate of drug-likeness (QED) is 0.150. The highest BCUT2D eigenvalue weighted by molar-refractivity contribution is 7.85. The van der Waals surface area contributed by atoms with Gasteiger partial charge in [-0.1, -0.05) is 189 Å². The molecule has 264 valence electrons. The zero-order chi connectivity index (χ0) is 37.4. The Balaban J connectivity index is 1.30. The molecule has 0 N–H and O–H groups in total. The fourth-order valence-corrected chi connectivity index (χ4v) is 12.2. The number of hydrogen-bond donors (Lipinski definition) is 0. The Kier molecular flexibility index (Phi) is 7.64. The molecule has 0 spiro atoms. The van der Waals surface area contributed by atoms with Crippen LogP contribution < -0.4 is 15.9 Å². The van der Waals surface area contributed by atoms with Crippen LogP contribution in [0.5, 0.6) is 0 Å². The lowest BCUT2D eigenvalue weighted by Gasteiger charge is -2.37. The summed E-state index contributed by atoms with van der Waals surface area (Å²) in [6, 6.07) is 69.4. The Morgan fingerprint density at radius 3 is 1.15 bits per heavy atom. The minimum absolute atomic E-state index is 0.203. The topological polar surface area (TPSA) is 17.1 Å². The first-order chi connectivity index (χ1) is 26.8. The first-order valence-electron chi connectivity index (χ1n) is 19.2. The zero-order valence-corrected chi connectivity index (χ0v) is 32.2. The van der Waals surface area contributed by atoms with Gasteiger partial charge in [-0.3, -0.25) is 0 Å². The van der Waals surface area contributed by atoms with E-state index in [4.69, 9.17) is 0 Å². The standard InChI is InChI=1S/C53H41OP/c1-36-24-26-41(27-25-36)53(42-28-30-45(31-29-42)55(54,43-20-12-6-13-21-43)44-22-14-7-15-23-44)48-34-39(37-16-8-4-9-17-37)32-46-50(48)51-47(52(46,2)3)33-40(35-49(51)53)38-18-10-5-11-19-38/h4-35H,1-3H3. The second kappa shape index (κ2) is 12.5. The van der Waals surface area contributed by atoms with Crippen LogP contribution in [-0.4, -0.2) is 0 Å². The van der Waals surface area contributed by atoms with Gasteiger partial charge in [0, 0.05) is 21.3 Å². The molecule has 2 aliphatic carbocycles. The summed E-state index contributed by atoms with van der Waals surface area (Å²) in [4.78, 5) is 0. The van der Waals surface area contributed by atoms with Crippen LogP contribution in [0, 0.1) is 6.92 Å². The van der Waals surface area contributed by atoms with Crippen molar-refractivity contribution in [3.63, 3.8) is 0 Å². The monoisotopic (exact) mass is 724 g/mol. The van der Waals surface area contributed by atoms with Crippen molar-refractivity contribution in [1.82, 2.24) is 0 Å². The van der Waals surface area contributed by atoms with Gasteiger partial charge < -0.3 is 4.57 Å². The van der Waals surface area contributed by atoms with E-state index in [0.29, 0.717) is 0 Å². The molecular weight excluding hydrogens is 684 g/mol. The van der Waals surface area contributed by atoms with Gasteiger partial charge in [0.15, 0.2) is 7.14 Å². The van der Waals surface area contributed by atoms with Crippen molar-refractivity contribution in [3.05, 3.63) is 233 Å². The molecule has 0 unspecified atom stereocenters. The summed E-state index contributed by atoms with van der Waals surface area (Å²) < 4.78 is 15.6. The van der Waals surface area contributed by atoms with Gasteiger partial charge in [0.2, 0.25) is 0 Å².